The van der Waals surface area contributed by atoms with Crippen molar-refractivity contribution in [3.05, 3.63) is 15.3 Å². The third-order valence-electron chi connectivity index (χ3n) is 3.03. The molecule has 0 aromatic heterocycles. The van der Waals surface area contributed by atoms with E-state index in [9.17, 15) is 4.21 Å². The summed E-state index contributed by atoms with van der Waals surface area (Å²) in [5, 5.41) is 14.8. The zero-order valence-electron chi connectivity index (χ0n) is 15.3. The van der Waals surface area contributed by atoms with Crippen LogP contribution in [0.25, 0.3) is 0 Å². The van der Waals surface area contributed by atoms with E-state index in [0.29, 0.717) is 0 Å². The van der Waals surface area contributed by atoms with E-state index in [0.717, 1.165) is 38.8 Å². The first-order valence-electron chi connectivity index (χ1n) is 8.16. The third-order valence-corrected chi connectivity index (χ3v) is 3.03. The van der Waals surface area contributed by atoms with Crippen molar-refractivity contribution >= 4 is 10.8 Å². The number of hydrogen-bond donors (Lipinski definition) is 4. The van der Waals surface area contributed by atoms with E-state index in [1.165, 1.54) is 25.7 Å². The number of nitrogens with zero attached hydrogens (tertiary/aromatic N) is 1. The topological polar surface area (TPSA) is 187 Å². The largest absolute Gasteiger partial charge is 2.00 e. The quantitative estimate of drug-likeness (QED) is 0.210. The number of unbranched alkanes of at least 4 members (excludes halogenated alkanes) is 3. The van der Waals surface area contributed by atoms with E-state index in [1.54, 1.807) is 12.5 Å². The Balaban J connectivity index is -0.000000123. The van der Waals surface area contributed by atoms with E-state index in [2.05, 4.69) is 0 Å². The molecule has 25 heavy (non-hydrogen) atoms. The molecule has 8 N–H and O–H groups in total. The second-order valence-corrected chi connectivity index (χ2v) is 7.05. The van der Waals surface area contributed by atoms with Crippen LogP contribution in [0.3, 0.4) is 0 Å². The first-order chi connectivity index (χ1) is 11.2. The van der Waals surface area contributed by atoms with E-state index in [4.69, 9.17) is 38.3 Å². The SMILES string of the molecule is CS(C)=O.NCCCCCCN.N[C@@H]1CCCC[C@H]1N.O=[N+]([O-])[O-].[Pt+2]. The van der Waals surface area contributed by atoms with Crippen LogP contribution in [-0.2, 0) is 31.9 Å². The number of rotatable bonds is 5. The molecule has 2 atom stereocenters. The monoisotopic (exact) mass is 565 g/mol. The standard InChI is InChI=1S/C6H14N2.C6H16N2.C2H6OS.NO3.Pt/c7-5-3-1-2-4-6(5)8;7-5-3-1-2-4-6-8;1-4(2)3;2-1(3)4;/h5-6H,1-4,7-8H2;1-8H2;1-2H3;;/q;;;-1;+2/t5-,6-;;;;/m1..../s1. The van der Waals surface area contributed by atoms with Crippen LogP contribution < -0.4 is 22.9 Å². The van der Waals surface area contributed by atoms with Crippen LogP contribution in [0.5, 0.6) is 0 Å². The van der Waals surface area contributed by atoms with Crippen molar-refractivity contribution < 1.29 is 30.4 Å². The van der Waals surface area contributed by atoms with Gasteiger partial charge >= 0.3 is 21.1 Å². The maximum Gasteiger partial charge on any atom is 2.00 e. The summed E-state index contributed by atoms with van der Waals surface area (Å²) in [6.07, 6.45) is 12.9. The fourth-order valence-corrected chi connectivity index (χ4v) is 1.83. The smallest absolute Gasteiger partial charge is 0.356 e. The molecule has 11 heteroatoms. The van der Waals surface area contributed by atoms with E-state index in [-0.39, 0.29) is 33.1 Å². The van der Waals surface area contributed by atoms with Gasteiger partial charge < -0.3 is 38.3 Å². The molecule has 1 rings (SSSR count). The Bertz CT molecular complexity index is 268. The average Bonchev–Trinajstić information content (AvgIpc) is 2.46. The second-order valence-electron chi connectivity index (χ2n) is 5.57. The Hall–Kier alpha value is -0.122. The van der Waals surface area contributed by atoms with Gasteiger partial charge in [-0.3, -0.25) is 4.21 Å². The first-order valence-corrected chi connectivity index (χ1v) is 10.1. The summed E-state index contributed by atoms with van der Waals surface area (Å²) in [4.78, 5) is 8.25. The fourth-order valence-electron chi connectivity index (χ4n) is 1.83. The molecule has 0 aliphatic heterocycles. The summed E-state index contributed by atoms with van der Waals surface area (Å²) in [5.41, 5.74) is 21.9. The molecule has 0 aromatic carbocycles. The Morgan fingerprint density at radius 1 is 0.920 bits per heavy atom. The zero-order valence-corrected chi connectivity index (χ0v) is 18.4. The Morgan fingerprint density at radius 3 is 1.32 bits per heavy atom. The average molecular weight is 566 g/mol. The maximum atomic E-state index is 9.56. The molecule has 0 heterocycles. The normalized spacial score (nSPS) is 18.2. The predicted octanol–water partition coefficient (Wildman–Crippen LogP) is 0.432. The van der Waals surface area contributed by atoms with Crippen molar-refractivity contribution in [2.24, 2.45) is 22.9 Å². The van der Waals surface area contributed by atoms with Crippen molar-refractivity contribution in [3.8, 4) is 0 Å². The van der Waals surface area contributed by atoms with Gasteiger partial charge in [-0.2, -0.15) is 0 Å². The molecule has 1 aliphatic rings. The van der Waals surface area contributed by atoms with Gasteiger partial charge in [0.1, 0.15) is 0 Å². The van der Waals surface area contributed by atoms with Gasteiger partial charge in [0.15, 0.2) is 0 Å². The Morgan fingerprint density at radius 2 is 1.16 bits per heavy atom. The van der Waals surface area contributed by atoms with Gasteiger partial charge in [0.05, 0.1) is 5.09 Å². The van der Waals surface area contributed by atoms with Gasteiger partial charge in [-0.25, -0.2) is 0 Å². The summed E-state index contributed by atoms with van der Waals surface area (Å²) in [6.45, 7) is 1.65. The summed E-state index contributed by atoms with van der Waals surface area (Å²) in [6, 6.07) is 0.562. The Kier molecular flexibility index (Phi) is 34.0. The molecular weight excluding hydrogens is 529 g/mol. The first kappa shape index (κ1) is 32.5. The van der Waals surface area contributed by atoms with Gasteiger partial charge in [-0.1, -0.05) is 25.7 Å². The predicted molar refractivity (Wildman–Crippen MR) is 101 cm³/mol. The van der Waals surface area contributed by atoms with Crippen LogP contribution >= 0.6 is 0 Å². The molecule has 9 nitrogen and oxygen atoms in total. The summed E-state index contributed by atoms with van der Waals surface area (Å²) < 4.78 is 9.56. The van der Waals surface area contributed by atoms with Crippen molar-refractivity contribution in [1.29, 1.82) is 0 Å². The van der Waals surface area contributed by atoms with Crippen LogP contribution in [0.1, 0.15) is 51.4 Å². The minimum absolute atomic E-state index is 0. The molecule has 156 valence electrons. The zero-order chi connectivity index (χ0) is 19.4. The molecule has 0 spiro atoms. The molecule has 0 saturated heterocycles. The van der Waals surface area contributed by atoms with Crippen molar-refractivity contribution in [2.45, 2.75) is 63.5 Å². The molecule has 0 unspecified atom stereocenters. The number of hydrogen-bond acceptors (Lipinski definition) is 8. The van der Waals surface area contributed by atoms with Crippen molar-refractivity contribution in [1.82, 2.24) is 0 Å². The van der Waals surface area contributed by atoms with Crippen LogP contribution in [-0.4, -0.2) is 47.0 Å². The summed E-state index contributed by atoms with van der Waals surface area (Å²) >= 11 is 0. The molecule has 1 saturated carbocycles. The van der Waals surface area contributed by atoms with E-state index >= 15 is 0 Å². The van der Waals surface area contributed by atoms with Crippen molar-refractivity contribution in [3.63, 3.8) is 0 Å². The number of nitrogens with two attached hydrogens (primary N) is 4. The van der Waals surface area contributed by atoms with Gasteiger partial charge in [0.2, 0.25) is 0 Å². The molecular formula is C14H36N5O4PtS+. The van der Waals surface area contributed by atoms with E-state index < -0.39 is 15.9 Å². The minimum atomic E-state index is -1.75. The Labute approximate surface area is 168 Å². The molecule has 0 aromatic rings. The van der Waals surface area contributed by atoms with Gasteiger partial charge in [0.25, 0.3) is 0 Å². The maximum absolute atomic E-state index is 9.56. The second kappa shape index (κ2) is 26.1. The minimum Gasteiger partial charge on any atom is -0.356 e. The van der Waals surface area contributed by atoms with Crippen LogP contribution in [0, 0.1) is 15.3 Å². The van der Waals surface area contributed by atoms with Crippen LogP contribution in [0.2, 0.25) is 0 Å². The molecule has 0 radical (unpaired) electrons. The molecule has 1 fully saturated rings. The third kappa shape index (κ3) is 45.3. The van der Waals surface area contributed by atoms with Gasteiger partial charge in [0, 0.05) is 35.4 Å². The van der Waals surface area contributed by atoms with Gasteiger partial charge in [-0.15, -0.1) is 0 Å². The van der Waals surface area contributed by atoms with E-state index in [1.807, 2.05) is 0 Å². The molecule has 1 aliphatic carbocycles. The van der Waals surface area contributed by atoms with Gasteiger partial charge in [-0.05, 0) is 38.8 Å². The van der Waals surface area contributed by atoms with Crippen molar-refractivity contribution in [2.75, 3.05) is 25.6 Å². The summed E-state index contributed by atoms with van der Waals surface area (Å²) in [7, 11) is -0.611. The fraction of sp³-hybridized carbons (Fsp3) is 1.00. The molecule has 0 bridgehead atoms. The molecule has 0 amide bonds. The van der Waals surface area contributed by atoms with Crippen LogP contribution in [0.4, 0.5) is 0 Å². The summed E-state index contributed by atoms with van der Waals surface area (Å²) in [5.74, 6) is 0. The van der Waals surface area contributed by atoms with Crippen LogP contribution in [0.15, 0.2) is 0 Å².